The second-order valence-corrected chi connectivity index (χ2v) is 6.93. The van der Waals surface area contributed by atoms with E-state index in [1.807, 2.05) is 4.90 Å². The van der Waals surface area contributed by atoms with Gasteiger partial charge in [0.1, 0.15) is 0 Å². The topological polar surface area (TPSA) is 29.5 Å². The second kappa shape index (κ2) is 5.91. The number of hydrogen-bond donors (Lipinski definition) is 0. The van der Waals surface area contributed by atoms with Gasteiger partial charge >= 0.3 is 0 Å². The maximum atomic E-state index is 12.4. The van der Waals surface area contributed by atoms with E-state index in [2.05, 4.69) is 29.8 Å². The maximum Gasteiger partial charge on any atom is 0.223 e. The highest BCUT2D eigenvalue weighted by Gasteiger charge is 2.35. The van der Waals surface area contributed by atoms with Gasteiger partial charge in [0.05, 0.1) is 11.7 Å². The minimum atomic E-state index is -0.220. The van der Waals surface area contributed by atoms with E-state index >= 15 is 0 Å². The summed E-state index contributed by atoms with van der Waals surface area (Å²) < 4.78 is 5.93. The standard InChI is InChI=1S/C14H24BrNO2/c1-14(2)10-16(9-12(8-15)18-14)13(17)7-11-5-3-4-6-11/h11-12H,3-10H2,1-2H3. The molecule has 0 bridgehead atoms. The number of hydrogen-bond acceptors (Lipinski definition) is 2. The third kappa shape index (κ3) is 3.70. The molecule has 0 radical (unpaired) electrons. The summed E-state index contributed by atoms with van der Waals surface area (Å²) in [5.74, 6) is 0.954. The van der Waals surface area contributed by atoms with Crippen molar-refractivity contribution in [3.8, 4) is 0 Å². The summed E-state index contributed by atoms with van der Waals surface area (Å²) in [7, 11) is 0. The smallest absolute Gasteiger partial charge is 0.223 e. The van der Waals surface area contributed by atoms with Crippen LogP contribution in [-0.4, -0.2) is 40.9 Å². The lowest BCUT2D eigenvalue weighted by molar-refractivity contribution is -0.158. The molecule has 0 aromatic carbocycles. The first-order valence-corrected chi connectivity index (χ1v) is 8.14. The summed E-state index contributed by atoms with van der Waals surface area (Å²) in [6.07, 6.45) is 5.95. The molecule has 1 heterocycles. The Balaban J connectivity index is 1.91. The van der Waals surface area contributed by atoms with Crippen molar-refractivity contribution >= 4 is 21.8 Å². The summed E-state index contributed by atoms with van der Waals surface area (Å²) in [6, 6.07) is 0. The molecule has 0 N–H and O–H groups in total. The van der Waals surface area contributed by atoms with Gasteiger partial charge in [-0.15, -0.1) is 0 Å². The van der Waals surface area contributed by atoms with Gasteiger partial charge in [0.25, 0.3) is 0 Å². The Hall–Kier alpha value is -0.0900. The lowest BCUT2D eigenvalue weighted by Crippen LogP contribution is -2.55. The highest BCUT2D eigenvalue weighted by molar-refractivity contribution is 9.09. The van der Waals surface area contributed by atoms with Crippen LogP contribution in [0.25, 0.3) is 0 Å². The lowest BCUT2D eigenvalue weighted by Gasteiger charge is -2.42. The quantitative estimate of drug-likeness (QED) is 0.749. The number of amides is 1. The number of rotatable bonds is 3. The molecule has 18 heavy (non-hydrogen) atoms. The normalized spacial score (nSPS) is 28.6. The van der Waals surface area contributed by atoms with Crippen LogP contribution in [0.1, 0.15) is 46.0 Å². The summed E-state index contributed by atoms with van der Waals surface area (Å²) in [5.41, 5.74) is -0.220. The van der Waals surface area contributed by atoms with Gasteiger partial charge in [-0.3, -0.25) is 4.79 Å². The fourth-order valence-corrected chi connectivity index (χ4v) is 3.49. The monoisotopic (exact) mass is 317 g/mol. The Morgan fingerprint density at radius 2 is 2.06 bits per heavy atom. The van der Waals surface area contributed by atoms with Crippen molar-refractivity contribution in [2.45, 2.75) is 57.7 Å². The van der Waals surface area contributed by atoms with Crippen LogP contribution in [-0.2, 0) is 9.53 Å². The molecule has 0 aromatic rings. The first kappa shape index (κ1) is 14.3. The van der Waals surface area contributed by atoms with Gasteiger partial charge in [-0.05, 0) is 32.6 Å². The molecule has 1 aliphatic heterocycles. The van der Waals surface area contributed by atoms with Crippen molar-refractivity contribution in [2.75, 3.05) is 18.4 Å². The fraction of sp³-hybridized carbons (Fsp3) is 0.929. The zero-order valence-corrected chi connectivity index (χ0v) is 13.0. The van der Waals surface area contributed by atoms with Crippen molar-refractivity contribution in [1.29, 1.82) is 0 Å². The molecule has 3 nitrogen and oxygen atoms in total. The van der Waals surface area contributed by atoms with Crippen LogP contribution < -0.4 is 0 Å². The van der Waals surface area contributed by atoms with E-state index in [0.717, 1.165) is 24.8 Å². The van der Waals surface area contributed by atoms with Crippen molar-refractivity contribution < 1.29 is 9.53 Å². The molecular weight excluding hydrogens is 294 g/mol. The van der Waals surface area contributed by atoms with E-state index in [1.54, 1.807) is 0 Å². The zero-order chi connectivity index (χ0) is 13.2. The molecule has 1 saturated carbocycles. The molecule has 104 valence electrons. The largest absolute Gasteiger partial charge is 0.368 e. The molecule has 1 saturated heterocycles. The number of morpholine rings is 1. The average molecular weight is 318 g/mol. The Labute approximate surface area is 118 Å². The summed E-state index contributed by atoms with van der Waals surface area (Å²) in [5, 5.41) is 0.795. The molecule has 0 spiro atoms. The Morgan fingerprint density at radius 3 is 2.67 bits per heavy atom. The van der Waals surface area contributed by atoms with E-state index in [-0.39, 0.29) is 11.7 Å². The molecule has 1 amide bonds. The first-order valence-electron chi connectivity index (χ1n) is 7.02. The van der Waals surface area contributed by atoms with Crippen LogP contribution in [0.5, 0.6) is 0 Å². The molecule has 2 rings (SSSR count). The van der Waals surface area contributed by atoms with Crippen LogP contribution in [0.15, 0.2) is 0 Å². The van der Waals surface area contributed by atoms with Crippen molar-refractivity contribution in [3.63, 3.8) is 0 Å². The second-order valence-electron chi connectivity index (χ2n) is 6.28. The van der Waals surface area contributed by atoms with Gasteiger partial charge in [0.2, 0.25) is 5.91 Å². The fourth-order valence-electron chi connectivity index (χ4n) is 3.16. The Kier molecular flexibility index (Phi) is 4.70. The SMILES string of the molecule is CC1(C)CN(C(=O)CC2CCCC2)CC(CBr)O1. The first-order chi connectivity index (χ1) is 8.50. The van der Waals surface area contributed by atoms with E-state index in [1.165, 1.54) is 25.7 Å². The number of nitrogens with zero attached hydrogens (tertiary/aromatic N) is 1. The molecule has 1 unspecified atom stereocenters. The van der Waals surface area contributed by atoms with Crippen LogP contribution in [0.3, 0.4) is 0 Å². The predicted octanol–water partition coefficient (Wildman–Crippen LogP) is 2.97. The molecule has 4 heteroatoms. The third-order valence-electron chi connectivity index (χ3n) is 3.94. The van der Waals surface area contributed by atoms with Crippen molar-refractivity contribution in [3.05, 3.63) is 0 Å². The van der Waals surface area contributed by atoms with Crippen LogP contribution >= 0.6 is 15.9 Å². The number of ether oxygens (including phenoxy) is 1. The molecule has 0 aromatic heterocycles. The van der Waals surface area contributed by atoms with Gasteiger partial charge in [-0.1, -0.05) is 28.8 Å². The number of carbonyl (C=O) groups excluding carboxylic acids is 1. The third-order valence-corrected chi connectivity index (χ3v) is 4.67. The highest BCUT2D eigenvalue weighted by atomic mass is 79.9. The minimum Gasteiger partial charge on any atom is -0.368 e. The van der Waals surface area contributed by atoms with Crippen molar-refractivity contribution in [2.24, 2.45) is 5.92 Å². The van der Waals surface area contributed by atoms with Crippen molar-refractivity contribution in [1.82, 2.24) is 4.90 Å². The van der Waals surface area contributed by atoms with Crippen LogP contribution in [0.2, 0.25) is 0 Å². The van der Waals surface area contributed by atoms with Gasteiger partial charge in [0, 0.05) is 24.8 Å². The lowest BCUT2D eigenvalue weighted by atomic mass is 10.0. The Morgan fingerprint density at radius 1 is 1.39 bits per heavy atom. The summed E-state index contributed by atoms with van der Waals surface area (Å²) >= 11 is 3.46. The van der Waals surface area contributed by atoms with E-state index in [4.69, 9.17) is 4.74 Å². The van der Waals surface area contributed by atoms with Gasteiger partial charge in [-0.2, -0.15) is 0 Å². The van der Waals surface area contributed by atoms with E-state index < -0.39 is 0 Å². The molecule has 2 fully saturated rings. The number of halogens is 1. The number of alkyl halides is 1. The average Bonchev–Trinajstić information content (AvgIpc) is 2.79. The highest BCUT2D eigenvalue weighted by Crippen LogP contribution is 2.29. The van der Waals surface area contributed by atoms with Gasteiger partial charge < -0.3 is 9.64 Å². The summed E-state index contributed by atoms with van der Waals surface area (Å²) in [6.45, 7) is 5.59. The molecule has 1 aliphatic carbocycles. The maximum absolute atomic E-state index is 12.4. The van der Waals surface area contributed by atoms with Crippen LogP contribution in [0.4, 0.5) is 0 Å². The zero-order valence-electron chi connectivity index (χ0n) is 11.5. The molecule has 1 atom stereocenters. The molecule has 2 aliphatic rings. The number of carbonyl (C=O) groups is 1. The van der Waals surface area contributed by atoms with E-state index in [9.17, 15) is 4.79 Å². The predicted molar refractivity (Wildman–Crippen MR) is 75.9 cm³/mol. The minimum absolute atomic E-state index is 0.126. The molecular formula is C14H24BrNO2. The van der Waals surface area contributed by atoms with E-state index in [0.29, 0.717) is 11.8 Å². The Bertz CT molecular complexity index is 300. The van der Waals surface area contributed by atoms with Gasteiger partial charge in [0.15, 0.2) is 0 Å². The summed E-state index contributed by atoms with van der Waals surface area (Å²) in [4.78, 5) is 14.4. The van der Waals surface area contributed by atoms with Crippen LogP contribution in [0, 0.1) is 5.92 Å². The van der Waals surface area contributed by atoms with Gasteiger partial charge in [-0.25, -0.2) is 0 Å².